The van der Waals surface area contributed by atoms with Crippen LogP contribution in [0.3, 0.4) is 0 Å². The van der Waals surface area contributed by atoms with Gasteiger partial charge in [-0.05, 0) is 50.5 Å². The Hall–Kier alpha value is -3.44. The van der Waals surface area contributed by atoms with Crippen molar-refractivity contribution in [2.45, 2.75) is 73.1 Å². The summed E-state index contributed by atoms with van der Waals surface area (Å²) in [5.41, 5.74) is -0.428. The number of hydrogen-bond donors (Lipinski definition) is 2. The maximum absolute atomic E-state index is 13.8. The Labute approximate surface area is 241 Å². The van der Waals surface area contributed by atoms with Crippen molar-refractivity contribution in [2.75, 3.05) is 5.32 Å². The van der Waals surface area contributed by atoms with Crippen LogP contribution in [0.25, 0.3) is 10.4 Å². The molecule has 1 atom stereocenters. The van der Waals surface area contributed by atoms with Gasteiger partial charge in [0.15, 0.2) is 5.13 Å². The maximum Gasteiger partial charge on any atom is 0.416 e. The molecule has 2 heterocycles. The Balaban J connectivity index is 0.000000931. The quantitative estimate of drug-likeness (QED) is 0.247. The van der Waals surface area contributed by atoms with Crippen LogP contribution in [0.1, 0.15) is 78.2 Å². The Kier molecular flexibility index (Phi) is 15.1. The highest BCUT2D eigenvalue weighted by Gasteiger charge is 2.32. The molecule has 3 rings (SSSR count). The summed E-state index contributed by atoms with van der Waals surface area (Å²) in [5.74, 6) is -1.40. The molecule has 1 amide bonds. The number of aliphatic hydroxyl groups is 1. The molecule has 0 fully saturated rings. The van der Waals surface area contributed by atoms with Crippen LogP contribution in [0.15, 0.2) is 77.0 Å². The van der Waals surface area contributed by atoms with Crippen LogP contribution in [0, 0.1) is 0 Å². The van der Waals surface area contributed by atoms with E-state index in [0.717, 1.165) is 29.9 Å². The van der Waals surface area contributed by atoms with Gasteiger partial charge in [0.2, 0.25) is 0 Å². The lowest BCUT2D eigenvalue weighted by molar-refractivity contribution is -0.137. The molecular weight excluding hydrogens is 561 g/mol. The van der Waals surface area contributed by atoms with E-state index in [4.69, 9.17) is 0 Å². The molecule has 1 aromatic carbocycles. The van der Waals surface area contributed by atoms with E-state index in [9.17, 15) is 31.9 Å². The lowest BCUT2D eigenvalue weighted by Gasteiger charge is -2.13. The Bertz CT molecular complexity index is 1300. The summed E-state index contributed by atoms with van der Waals surface area (Å²) < 4.78 is 65.2. The number of aliphatic hydroxyl groups excluding tert-OH is 1. The summed E-state index contributed by atoms with van der Waals surface area (Å²) in [6, 6.07) is 4.60. The van der Waals surface area contributed by atoms with E-state index in [1.165, 1.54) is 32.2 Å². The Morgan fingerprint density at radius 1 is 1.17 bits per heavy atom. The highest BCUT2D eigenvalue weighted by Crippen LogP contribution is 2.40. The van der Waals surface area contributed by atoms with Crippen LogP contribution < -0.4 is 5.32 Å². The zero-order chi connectivity index (χ0) is 31.2. The molecular formula is C30H36F5N3O2S. The van der Waals surface area contributed by atoms with Crippen molar-refractivity contribution < 1.29 is 31.9 Å². The fourth-order valence-corrected chi connectivity index (χ4v) is 4.31. The molecule has 41 heavy (non-hydrogen) atoms. The smallest absolute Gasteiger partial charge is 0.381 e. The largest absolute Gasteiger partial charge is 0.416 e. The third-order valence-electron chi connectivity index (χ3n) is 5.34. The number of nitrogens with zero attached hydrogens (tertiary/aromatic N) is 2. The monoisotopic (exact) mass is 597 g/mol. The normalized spacial score (nSPS) is 14.4. The van der Waals surface area contributed by atoms with Gasteiger partial charge in [0.25, 0.3) is 5.91 Å². The molecule has 224 valence electrons. The lowest BCUT2D eigenvalue weighted by atomic mass is 10.0. The third-order valence-corrected chi connectivity index (χ3v) is 6.38. The van der Waals surface area contributed by atoms with Crippen molar-refractivity contribution >= 4 is 28.1 Å². The SMILES string of the molecule is CC.CC/C(F)=C(\C)C(=O)Nc1nc(C(O)C2=NC=CC=CC2)c(-c2cccc(C(F)(F)F)c2)s1.CC/C=C(\C)F. The summed E-state index contributed by atoms with van der Waals surface area (Å²) in [4.78, 5) is 21.1. The summed E-state index contributed by atoms with van der Waals surface area (Å²) in [5, 5.41) is 13.5. The van der Waals surface area contributed by atoms with Crippen LogP contribution in [0.4, 0.5) is 27.1 Å². The fourth-order valence-electron chi connectivity index (χ4n) is 3.32. The number of allylic oxidation sites excluding steroid dienone is 6. The molecule has 2 aromatic rings. The fraction of sp³-hybridized carbons (Fsp3) is 0.367. The summed E-state index contributed by atoms with van der Waals surface area (Å²) >= 11 is 0.888. The van der Waals surface area contributed by atoms with E-state index in [1.807, 2.05) is 20.8 Å². The van der Waals surface area contributed by atoms with E-state index in [1.54, 1.807) is 31.2 Å². The van der Waals surface area contributed by atoms with Crippen LogP contribution in [0.2, 0.25) is 0 Å². The zero-order valence-corrected chi connectivity index (χ0v) is 24.8. The van der Waals surface area contributed by atoms with Crippen molar-refractivity contribution in [1.82, 2.24) is 4.98 Å². The minimum Gasteiger partial charge on any atom is -0.381 e. The van der Waals surface area contributed by atoms with E-state index in [0.29, 0.717) is 12.1 Å². The number of benzene rings is 1. The van der Waals surface area contributed by atoms with Gasteiger partial charge in [-0.3, -0.25) is 15.1 Å². The van der Waals surface area contributed by atoms with E-state index >= 15 is 0 Å². The van der Waals surface area contributed by atoms with Crippen molar-refractivity contribution in [3.63, 3.8) is 0 Å². The second-order valence-electron chi connectivity index (χ2n) is 8.35. The molecule has 2 N–H and O–H groups in total. The van der Waals surface area contributed by atoms with Gasteiger partial charge < -0.3 is 5.11 Å². The minimum atomic E-state index is -4.56. The van der Waals surface area contributed by atoms with E-state index < -0.39 is 29.6 Å². The number of carbonyl (C=O) groups excluding carboxylic acids is 1. The second-order valence-corrected chi connectivity index (χ2v) is 9.34. The molecule has 0 spiro atoms. The van der Waals surface area contributed by atoms with Gasteiger partial charge in [-0.25, -0.2) is 13.8 Å². The van der Waals surface area contributed by atoms with E-state index in [2.05, 4.69) is 15.3 Å². The number of amides is 1. The minimum absolute atomic E-state index is 0.0185. The molecule has 11 heteroatoms. The van der Waals surface area contributed by atoms with Gasteiger partial charge in [-0.1, -0.05) is 69.4 Å². The lowest BCUT2D eigenvalue weighted by Crippen LogP contribution is -2.15. The third kappa shape index (κ3) is 11.2. The van der Waals surface area contributed by atoms with Gasteiger partial charge in [0.05, 0.1) is 27.7 Å². The van der Waals surface area contributed by atoms with Gasteiger partial charge in [-0.15, -0.1) is 0 Å². The highest BCUT2D eigenvalue weighted by atomic mass is 32.1. The Morgan fingerprint density at radius 3 is 2.41 bits per heavy atom. The molecule has 1 aliphatic heterocycles. The van der Waals surface area contributed by atoms with Crippen molar-refractivity contribution in [3.05, 3.63) is 83.3 Å². The number of halogens is 5. The second kappa shape index (κ2) is 17.4. The molecule has 1 unspecified atom stereocenters. The predicted octanol–water partition coefficient (Wildman–Crippen LogP) is 9.66. The van der Waals surface area contributed by atoms with Gasteiger partial charge >= 0.3 is 6.18 Å². The van der Waals surface area contributed by atoms with Crippen molar-refractivity contribution in [1.29, 1.82) is 0 Å². The molecule has 0 aliphatic carbocycles. The number of thiazole rings is 1. The molecule has 0 bridgehead atoms. The average Bonchev–Trinajstić information content (AvgIpc) is 3.17. The Morgan fingerprint density at radius 2 is 1.85 bits per heavy atom. The van der Waals surface area contributed by atoms with Crippen LogP contribution in [-0.2, 0) is 11.0 Å². The zero-order valence-electron chi connectivity index (χ0n) is 23.9. The molecule has 5 nitrogen and oxygen atoms in total. The number of rotatable bonds is 7. The number of carbonyl (C=O) groups is 1. The summed E-state index contributed by atoms with van der Waals surface area (Å²) in [7, 11) is 0. The molecule has 1 aromatic heterocycles. The topological polar surface area (TPSA) is 74.6 Å². The molecule has 0 radical (unpaired) electrons. The first-order valence-corrected chi connectivity index (χ1v) is 13.9. The van der Waals surface area contributed by atoms with Gasteiger partial charge in [0, 0.05) is 18.2 Å². The first-order valence-electron chi connectivity index (χ1n) is 13.1. The predicted molar refractivity (Wildman–Crippen MR) is 157 cm³/mol. The van der Waals surface area contributed by atoms with E-state index in [-0.39, 0.29) is 39.1 Å². The first-order chi connectivity index (χ1) is 19.4. The van der Waals surface area contributed by atoms with Crippen LogP contribution >= 0.6 is 11.3 Å². The van der Waals surface area contributed by atoms with Crippen LogP contribution in [-0.4, -0.2) is 21.7 Å². The standard InChI is InChI=1S/C23H21F4N3O2S.C5H9F.C2H6/c1-3-16(24)13(2)21(32)30-22-29-18(19(31)17-10-5-4-6-11-28-17)20(33-22)14-8-7-9-15(12-14)23(25,26)27;1-3-4-5(2)6;1-2/h4-9,11-12,19,31H,3,10H2,1-2H3,(H,29,30,32);4H,3H2,1-2H3;1-2H3/b16-13-;5-4+;. The van der Waals surface area contributed by atoms with Gasteiger partial charge in [0.1, 0.15) is 11.9 Å². The summed E-state index contributed by atoms with van der Waals surface area (Å²) in [6.45, 7) is 10.2. The van der Waals surface area contributed by atoms with Crippen LogP contribution in [0.5, 0.6) is 0 Å². The first kappa shape index (κ1) is 35.6. The number of alkyl halides is 3. The number of anilines is 1. The number of aliphatic imine (C=N–C) groups is 1. The number of aromatic nitrogens is 1. The summed E-state index contributed by atoms with van der Waals surface area (Å²) in [6.07, 6.45) is 3.48. The molecule has 1 aliphatic rings. The highest BCUT2D eigenvalue weighted by molar-refractivity contribution is 7.19. The molecule has 0 saturated carbocycles. The average molecular weight is 598 g/mol. The maximum atomic E-state index is 13.8. The molecule has 0 saturated heterocycles. The number of nitrogens with one attached hydrogen (secondary N) is 1. The number of hydrogen-bond acceptors (Lipinski definition) is 5. The van der Waals surface area contributed by atoms with Crippen molar-refractivity contribution in [3.8, 4) is 10.4 Å². The van der Waals surface area contributed by atoms with Gasteiger partial charge in [-0.2, -0.15) is 13.2 Å². The van der Waals surface area contributed by atoms with Crippen molar-refractivity contribution in [2.24, 2.45) is 4.99 Å².